The van der Waals surface area contributed by atoms with Gasteiger partial charge in [-0.3, -0.25) is 14.5 Å². The van der Waals surface area contributed by atoms with E-state index in [1.807, 2.05) is 90.2 Å². The second-order valence-electron chi connectivity index (χ2n) is 19.3. The Bertz CT molecular complexity index is 4190. The summed E-state index contributed by atoms with van der Waals surface area (Å²) in [6.45, 7) is 14.9. The van der Waals surface area contributed by atoms with Crippen molar-refractivity contribution in [3.05, 3.63) is 248 Å². The van der Waals surface area contributed by atoms with Crippen LogP contribution in [0, 0.1) is 24.2 Å². The van der Waals surface area contributed by atoms with Gasteiger partial charge in [0.1, 0.15) is 5.84 Å². The normalized spacial score (nSPS) is 13.0. The number of hydrogen-bond donors (Lipinski definition) is 1. The fraction of sp³-hybridized carbons (Fsp3) is 0.0882. The number of aromatic nitrogens is 5. The molecule has 0 bridgehead atoms. The smallest absolute Gasteiger partial charge is 0.238 e. The van der Waals surface area contributed by atoms with Crippen LogP contribution < -0.4 is 0 Å². The monoisotopic (exact) mass is 986 g/mol. The first-order valence-electron chi connectivity index (χ1n) is 25.6. The van der Waals surface area contributed by atoms with Gasteiger partial charge in [0.05, 0.1) is 22.1 Å². The number of allylic oxidation sites excluding steroid dienone is 6. The third kappa shape index (κ3) is 8.51. The molecule has 0 spiro atoms. The van der Waals surface area contributed by atoms with Gasteiger partial charge in [0.15, 0.2) is 11.6 Å². The number of para-hydroxylation sites is 1. The summed E-state index contributed by atoms with van der Waals surface area (Å²) in [5.41, 5.74) is 12.5. The van der Waals surface area contributed by atoms with E-state index in [4.69, 9.17) is 15.0 Å². The van der Waals surface area contributed by atoms with Crippen LogP contribution >= 0.6 is 11.3 Å². The molecule has 12 rings (SSSR count). The molecule has 12 aromatic rings. The molecule has 0 fully saturated rings. The molecule has 75 heavy (non-hydrogen) atoms. The summed E-state index contributed by atoms with van der Waals surface area (Å²) >= 11 is 1.82. The summed E-state index contributed by atoms with van der Waals surface area (Å²) in [6, 6.07) is 68.3. The summed E-state index contributed by atoms with van der Waals surface area (Å²) < 4.78 is 4.42. The predicted octanol–water partition coefficient (Wildman–Crippen LogP) is 18.1. The van der Waals surface area contributed by atoms with Crippen molar-refractivity contribution in [2.75, 3.05) is 0 Å². The molecule has 2 atom stereocenters. The topological polar surface area (TPSA) is 72.4 Å². The van der Waals surface area contributed by atoms with Crippen LogP contribution in [0.25, 0.3) is 110 Å². The number of hydrogen-bond acceptors (Lipinski definition) is 5. The van der Waals surface area contributed by atoms with Crippen molar-refractivity contribution in [2.45, 2.75) is 27.2 Å². The van der Waals surface area contributed by atoms with Crippen LogP contribution in [0.15, 0.2) is 237 Å². The van der Waals surface area contributed by atoms with Crippen LogP contribution in [0.3, 0.4) is 0 Å². The van der Waals surface area contributed by atoms with Crippen molar-refractivity contribution in [3.8, 4) is 50.3 Å². The van der Waals surface area contributed by atoms with Gasteiger partial charge in [0.2, 0.25) is 5.95 Å². The zero-order valence-corrected chi connectivity index (χ0v) is 43.0. The lowest BCUT2D eigenvalue weighted by Crippen LogP contribution is -2.27. The highest BCUT2D eigenvalue weighted by Gasteiger charge is 2.30. The van der Waals surface area contributed by atoms with Crippen molar-refractivity contribution in [2.24, 2.45) is 11.8 Å². The molecule has 0 saturated heterocycles. The Morgan fingerprint density at radius 1 is 0.573 bits per heavy atom. The lowest BCUT2D eigenvalue weighted by Gasteiger charge is -2.28. The zero-order valence-electron chi connectivity index (χ0n) is 42.2. The summed E-state index contributed by atoms with van der Waals surface area (Å²) in [5, 5.41) is 17.1. The molecule has 1 N–H and O–H groups in total. The third-order valence-electron chi connectivity index (χ3n) is 14.8. The summed E-state index contributed by atoms with van der Waals surface area (Å²) in [5.74, 6) is 2.14. The van der Waals surface area contributed by atoms with E-state index in [0.29, 0.717) is 23.4 Å². The highest BCUT2D eigenvalue weighted by Crippen LogP contribution is 2.44. The Kier molecular flexibility index (Phi) is 12.4. The number of nitrogens with zero attached hydrogens (tertiary/aromatic N) is 5. The van der Waals surface area contributed by atoms with E-state index in [1.54, 1.807) is 0 Å². The average molecular weight is 987 g/mol. The molecule has 4 aromatic heterocycles. The minimum atomic E-state index is -0.139. The predicted molar refractivity (Wildman–Crippen MR) is 318 cm³/mol. The Balaban J connectivity index is 1.02. The largest absolute Gasteiger partial charge is 0.297 e. The molecule has 0 aliphatic heterocycles. The SMILES string of the molecule is C=C/C=C(C=C)/C=C(\c1sc(-c2ccccc2)cc1C)C(C)C(CC)C(=N)n1c2ccccc2c2ccc(-c3ccc4c5cc6ccccc6cc5n(-c5nc(-c6ccccc6)nc(-c6ccccc6)n5)c4c3)cc21. The van der Waals surface area contributed by atoms with Gasteiger partial charge >= 0.3 is 0 Å². The number of fused-ring (bicyclic) bond motifs is 7. The maximum absolute atomic E-state index is 10.4. The number of aryl methyl sites for hydroxylation is 1. The summed E-state index contributed by atoms with van der Waals surface area (Å²) in [7, 11) is 0. The van der Waals surface area contributed by atoms with E-state index < -0.39 is 0 Å². The van der Waals surface area contributed by atoms with Gasteiger partial charge < -0.3 is 0 Å². The van der Waals surface area contributed by atoms with Crippen LogP contribution in [0.4, 0.5) is 0 Å². The standard InChI is InChI=1S/C68H54N6S/c1-6-22-45(7-2)38-57(64-43(4)37-63(75-64)46-23-12-9-13-24-46)44(5)53(8-3)65(69)73-59-32-21-20-31-54(59)55-35-33-51(41-60(55)73)52-34-36-56-58-39-49-29-18-19-30-50(49)40-62(58)74(61(56)42-52)68-71-66(47-25-14-10-15-26-47)70-67(72-68)48-27-16-11-17-28-48/h6-7,9-42,44,53,69H,1-2,8H2,3-5H3/b45-22+,57-38-,69-65?. The summed E-state index contributed by atoms with van der Waals surface area (Å²) in [4.78, 5) is 18.0. The van der Waals surface area contributed by atoms with Gasteiger partial charge in [-0.1, -0.05) is 209 Å². The second-order valence-corrected chi connectivity index (χ2v) is 20.3. The molecule has 6 nitrogen and oxygen atoms in total. The second kappa shape index (κ2) is 19.8. The van der Waals surface area contributed by atoms with Gasteiger partial charge in [-0.05, 0) is 99.8 Å². The maximum atomic E-state index is 10.4. The number of rotatable bonds is 13. The molecular weight excluding hydrogens is 933 g/mol. The molecule has 0 aliphatic rings. The van der Waals surface area contributed by atoms with Gasteiger partial charge in [0.25, 0.3) is 0 Å². The molecule has 362 valence electrons. The van der Waals surface area contributed by atoms with Crippen molar-refractivity contribution < 1.29 is 0 Å². The van der Waals surface area contributed by atoms with Crippen LogP contribution in [0.2, 0.25) is 0 Å². The molecule has 0 amide bonds. The molecule has 4 heterocycles. The molecule has 7 heteroatoms. The minimum Gasteiger partial charge on any atom is -0.297 e. The quantitative estimate of drug-likeness (QED) is 0.0711. The number of benzene rings is 8. The minimum absolute atomic E-state index is 0.0303. The fourth-order valence-corrected chi connectivity index (χ4v) is 12.3. The number of thiophene rings is 1. The Labute approximate surface area is 441 Å². The lowest BCUT2D eigenvalue weighted by atomic mass is 9.82. The Hall–Kier alpha value is -9.04. The van der Waals surface area contributed by atoms with E-state index >= 15 is 0 Å². The molecule has 0 aliphatic carbocycles. The highest BCUT2D eigenvalue weighted by molar-refractivity contribution is 7.16. The van der Waals surface area contributed by atoms with E-state index in [2.05, 4.69) is 183 Å². The van der Waals surface area contributed by atoms with Crippen LogP contribution in [0.1, 0.15) is 30.7 Å². The first-order chi connectivity index (χ1) is 36.8. The van der Waals surface area contributed by atoms with E-state index in [9.17, 15) is 5.41 Å². The van der Waals surface area contributed by atoms with Crippen LogP contribution in [-0.2, 0) is 0 Å². The third-order valence-corrected chi connectivity index (χ3v) is 16.1. The Morgan fingerprint density at radius 2 is 1.12 bits per heavy atom. The zero-order chi connectivity index (χ0) is 51.2. The highest BCUT2D eigenvalue weighted by atomic mass is 32.1. The average Bonchev–Trinajstić information content (AvgIpc) is 4.13. The van der Waals surface area contributed by atoms with Crippen LogP contribution in [0.5, 0.6) is 0 Å². The van der Waals surface area contributed by atoms with E-state index in [0.717, 1.165) is 83.2 Å². The summed E-state index contributed by atoms with van der Waals surface area (Å²) in [6.07, 6.45) is 8.74. The molecule has 8 aromatic carbocycles. The first kappa shape index (κ1) is 47.0. The van der Waals surface area contributed by atoms with Crippen molar-refractivity contribution in [3.63, 3.8) is 0 Å². The lowest BCUT2D eigenvalue weighted by molar-refractivity contribution is 0.529. The molecule has 0 radical (unpaired) electrons. The molecular formula is C68H54N6S. The van der Waals surface area contributed by atoms with Gasteiger partial charge in [-0.25, -0.2) is 4.98 Å². The molecule has 2 unspecified atom stereocenters. The maximum Gasteiger partial charge on any atom is 0.238 e. The van der Waals surface area contributed by atoms with Gasteiger partial charge in [-0.2, -0.15) is 9.97 Å². The van der Waals surface area contributed by atoms with E-state index in [-0.39, 0.29) is 11.8 Å². The number of nitrogens with one attached hydrogen (secondary N) is 1. The Morgan fingerprint density at radius 3 is 1.75 bits per heavy atom. The van der Waals surface area contributed by atoms with E-state index in [1.165, 1.54) is 31.8 Å². The van der Waals surface area contributed by atoms with Crippen LogP contribution in [-0.4, -0.2) is 29.9 Å². The molecule has 0 saturated carbocycles. The van der Waals surface area contributed by atoms with Crippen molar-refractivity contribution >= 4 is 77.1 Å². The fourth-order valence-electron chi connectivity index (χ4n) is 11.0. The van der Waals surface area contributed by atoms with Crippen molar-refractivity contribution in [1.82, 2.24) is 24.1 Å². The van der Waals surface area contributed by atoms with Crippen molar-refractivity contribution in [1.29, 1.82) is 5.41 Å². The first-order valence-corrected chi connectivity index (χ1v) is 26.4. The van der Waals surface area contributed by atoms with Gasteiger partial charge in [0, 0.05) is 48.3 Å². The van der Waals surface area contributed by atoms with Gasteiger partial charge in [-0.15, -0.1) is 11.3 Å².